The second kappa shape index (κ2) is 9.02. The number of nitrogens with one attached hydrogen (secondary N) is 1. The molecule has 0 saturated carbocycles. The summed E-state index contributed by atoms with van der Waals surface area (Å²) in [7, 11) is -3.93. The van der Waals surface area contributed by atoms with E-state index in [1.54, 1.807) is 30.3 Å². The SMILES string of the molecule is Cc1cc(C)cc(N(CC(=O)N/N=C\c2cccs2)S(=O)(=O)c2ccccc2)c1. The smallest absolute Gasteiger partial charge is 0.264 e. The van der Waals surface area contributed by atoms with Crippen LogP contribution < -0.4 is 9.73 Å². The molecule has 0 radical (unpaired) electrons. The van der Waals surface area contributed by atoms with E-state index in [2.05, 4.69) is 10.5 Å². The number of carbonyl (C=O) groups is 1. The van der Waals surface area contributed by atoms with E-state index in [9.17, 15) is 13.2 Å². The van der Waals surface area contributed by atoms with Crippen molar-refractivity contribution in [2.24, 2.45) is 5.10 Å². The van der Waals surface area contributed by atoms with Gasteiger partial charge in [0.25, 0.3) is 15.9 Å². The third-order valence-corrected chi connectivity index (χ3v) is 6.63. The van der Waals surface area contributed by atoms with Gasteiger partial charge in [0.2, 0.25) is 0 Å². The molecule has 0 saturated heterocycles. The van der Waals surface area contributed by atoms with Crippen molar-refractivity contribution in [1.29, 1.82) is 0 Å². The number of hydrogen-bond donors (Lipinski definition) is 1. The van der Waals surface area contributed by atoms with E-state index in [1.165, 1.54) is 29.7 Å². The van der Waals surface area contributed by atoms with Crippen molar-refractivity contribution in [3.8, 4) is 0 Å². The number of sulfonamides is 1. The molecule has 8 heteroatoms. The van der Waals surface area contributed by atoms with Gasteiger partial charge in [0.15, 0.2) is 0 Å². The van der Waals surface area contributed by atoms with Crippen LogP contribution in [0.1, 0.15) is 16.0 Å². The predicted molar refractivity (Wildman–Crippen MR) is 117 cm³/mol. The third kappa shape index (κ3) is 5.30. The Morgan fingerprint density at radius 1 is 1.07 bits per heavy atom. The molecular formula is C21H21N3O3S2. The molecule has 0 aliphatic rings. The van der Waals surface area contributed by atoms with E-state index in [0.29, 0.717) is 5.69 Å². The van der Waals surface area contributed by atoms with Gasteiger partial charge in [-0.2, -0.15) is 5.10 Å². The standard InChI is InChI=1S/C21H21N3O3S2/c1-16-11-17(2)13-18(12-16)24(29(26,27)20-8-4-3-5-9-20)15-21(25)23-22-14-19-7-6-10-28-19/h3-14H,15H2,1-2H3,(H,23,25)/b22-14-. The van der Waals surface area contributed by atoms with Crippen LogP contribution in [0.25, 0.3) is 0 Å². The fraction of sp³-hybridized carbons (Fsp3) is 0.143. The average Bonchev–Trinajstić information content (AvgIpc) is 3.19. The van der Waals surface area contributed by atoms with Gasteiger partial charge in [0.1, 0.15) is 6.54 Å². The summed E-state index contributed by atoms with van der Waals surface area (Å²) in [5, 5.41) is 5.81. The van der Waals surface area contributed by atoms with E-state index >= 15 is 0 Å². The van der Waals surface area contributed by atoms with Crippen molar-refractivity contribution < 1.29 is 13.2 Å². The Bertz CT molecular complexity index is 1090. The summed E-state index contributed by atoms with van der Waals surface area (Å²) in [5.41, 5.74) is 4.65. The molecule has 1 amide bonds. The summed E-state index contributed by atoms with van der Waals surface area (Å²) in [6, 6.07) is 17.2. The van der Waals surface area contributed by atoms with Gasteiger partial charge >= 0.3 is 0 Å². The number of anilines is 1. The zero-order chi connectivity index (χ0) is 20.9. The van der Waals surface area contributed by atoms with E-state index in [4.69, 9.17) is 0 Å². The molecule has 0 fully saturated rings. The zero-order valence-electron chi connectivity index (χ0n) is 16.1. The lowest BCUT2D eigenvalue weighted by Gasteiger charge is -2.24. The Labute approximate surface area is 174 Å². The molecule has 6 nitrogen and oxygen atoms in total. The van der Waals surface area contributed by atoms with E-state index in [0.717, 1.165) is 20.3 Å². The lowest BCUT2D eigenvalue weighted by atomic mass is 10.1. The number of benzene rings is 2. The van der Waals surface area contributed by atoms with Crippen LogP contribution in [-0.2, 0) is 14.8 Å². The fourth-order valence-corrected chi connectivity index (χ4v) is 4.84. The molecule has 2 aromatic carbocycles. The highest BCUT2D eigenvalue weighted by atomic mass is 32.2. The largest absolute Gasteiger partial charge is 0.271 e. The highest BCUT2D eigenvalue weighted by Crippen LogP contribution is 2.25. The van der Waals surface area contributed by atoms with Gasteiger partial charge in [-0.3, -0.25) is 9.10 Å². The van der Waals surface area contributed by atoms with E-state index < -0.39 is 15.9 Å². The van der Waals surface area contributed by atoms with Gasteiger partial charge in [0, 0.05) is 4.88 Å². The molecule has 29 heavy (non-hydrogen) atoms. The maximum Gasteiger partial charge on any atom is 0.264 e. The quantitative estimate of drug-likeness (QED) is 0.461. The minimum Gasteiger partial charge on any atom is -0.271 e. The number of rotatable bonds is 7. The summed E-state index contributed by atoms with van der Waals surface area (Å²) in [6.07, 6.45) is 1.52. The van der Waals surface area contributed by atoms with Crippen LogP contribution in [0.5, 0.6) is 0 Å². The number of carbonyl (C=O) groups excluding carboxylic acids is 1. The van der Waals surface area contributed by atoms with Crippen LogP contribution in [-0.4, -0.2) is 27.1 Å². The lowest BCUT2D eigenvalue weighted by molar-refractivity contribution is -0.119. The van der Waals surface area contributed by atoms with Crippen molar-refractivity contribution in [1.82, 2.24) is 5.43 Å². The van der Waals surface area contributed by atoms with Crippen molar-refractivity contribution >= 4 is 39.2 Å². The van der Waals surface area contributed by atoms with Gasteiger partial charge in [-0.15, -0.1) is 11.3 Å². The molecule has 3 aromatic rings. The van der Waals surface area contributed by atoms with Gasteiger partial charge in [-0.05, 0) is 60.7 Å². The number of hydrazone groups is 1. The van der Waals surface area contributed by atoms with E-state index in [-0.39, 0.29) is 11.4 Å². The minimum atomic E-state index is -3.93. The molecule has 150 valence electrons. The van der Waals surface area contributed by atoms with Crippen LogP contribution in [0.4, 0.5) is 5.69 Å². The number of nitrogens with zero attached hydrogens (tertiary/aromatic N) is 2. The Balaban J connectivity index is 1.89. The molecule has 0 bridgehead atoms. The van der Waals surface area contributed by atoms with Gasteiger partial charge in [-0.1, -0.05) is 30.3 Å². The Hall–Kier alpha value is -2.97. The third-order valence-electron chi connectivity index (χ3n) is 4.04. The second-order valence-corrected chi connectivity index (χ2v) is 9.32. The summed E-state index contributed by atoms with van der Waals surface area (Å²) in [6.45, 7) is 3.38. The maximum atomic E-state index is 13.3. The Morgan fingerprint density at radius 2 is 1.76 bits per heavy atom. The Morgan fingerprint density at radius 3 is 2.38 bits per heavy atom. The average molecular weight is 428 g/mol. The van der Waals surface area contributed by atoms with Crippen molar-refractivity contribution in [2.75, 3.05) is 10.8 Å². The van der Waals surface area contributed by atoms with Crippen molar-refractivity contribution in [3.05, 3.63) is 82.0 Å². The molecule has 0 aliphatic heterocycles. The highest BCUT2D eigenvalue weighted by Gasteiger charge is 2.27. The summed E-state index contributed by atoms with van der Waals surface area (Å²) in [4.78, 5) is 13.5. The minimum absolute atomic E-state index is 0.119. The molecule has 0 unspecified atom stereocenters. The summed E-state index contributed by atoms with van der Waals surface area (Å²) >= 11 is 1.48. The predicted octanol–water partition coefficient (Wildman–Crippen LogP) is 3.71. The number of thiophene rings is 1. The monoisotopic (exact) mass is 427 g/mol. The molecular weight excluding hydrogens is 406 g/mol. The van der Waals surface area contributed by atoms with Gasteiger partial charge in [0.05, 0.1) is 16.8 Å². The van der Waals surface area contributed by atoms with Crippen LogP contribution >= 0.6 is 11.3 Å². The summed E-state index contributed by atoms with van der Waals surface area (Å²) < 4.78 is 27.6. The normalized spacial score (nSPS) is 11.5. The first-order valence-electron chi connectivity index (χ1n) is 8.88. The molecule has 1 N–H and O–H groups in total. The van der Waals surface area contributed by atoms with Gasteiger partial charge in [-0.25, -0.2) is 13.8 Å². The fourth-order valence-electron chi connectivity index (χ4n) is 2.83. The highest BCUT2D eigenvalue weighted by molar-refractivity contribution is 7.92. The zero-order valence-corrected chi connectivity index (χ0v) is 17.7. The topological polar surface area (TPSA) is 78.8 Å². The first-order chi connectivity index (χ1) is 13.9. The first kappa shape index (κ1) is 20.8. The molecule has 3 rings (SSSR count). The molecule has 0 atom stereocenters. The molecule has 0 spiro atoms. The maximum absolute atomic E-state index is 13.3. The molecule has 1 heterocycles. The van der Waals surface area contributed by atoms with Crippen LogP contribution in [0.3, 0.4) is 0 Å². The number of amides is 1. The van der Waals surface area contributed by atoms with Crippen LogP contribution in [0, 0.1) is 13.8 Å². The number of hydrogen-bond acceptors (Lipinski definition) is 5. The van der Waals surface area contributed by atoms with E-state index in [1.807, 2.05) is 37.4 Å². The van der Waals surface area contributed by atoms with Crippen LogP contribution in [0.15, 0.2) is 76.0 Å². The van der Waals surface area contributed by atoms with Crippen molar-refractivity contribution in [2.45, 2.75) is 18.7 Å². The van der Waals surface area contributed by atoms with Gasteiger partial charge < -0.3 is 0 Å². The second-order valence-electron chi connectivity index (χ2n) is 6.48. The number of aryl methyl sites for hydroxylation is 2. The first-order valence-corrected chi connectivity index (χ1v) is 11.2. The molecule has 1 aromatic heterocycles. The summed E-state index contributed by atoms with van der Waals surface area (Å²) in [5.74, 6) is -0.531. The lowest BCUT2D eigenvalue weighted by Crippen LogP contribution is -2.39. The van der Waals surface area contributed by atoms with Crippen molar-refractivity contribution in [3.63, 3.8) is 0 Å². The molecule has 0 aliphatic carbocycles. The Kier molecular flexibility index (Phi) is 6.46. The van der Waals surface area contributed by atoms with Crippen LogP contribution in [0.2, 0.25) is 0 Å².